The Bertz CT molecular complexity index is 1330. The molecule has 1 aliphatic rings. The second kappa shape index (κ2) is 15.2. The molecular weight excluding hydrogens is 534 g/mol. The highest BCUT2D eigenvalue weighted by atomic mass is 16.5. The van der Waals surface area contributed by atoms with Crippen molar-refractivity contribution in [3.8, 4) is 17.1 Å². The van der Waals surface area contributed by atoms with Crippen LogP contribution < -0.4 is 20.3 Å². The van der Waals surface area contributed by atoms with Crippen molar-refractivity contribution >= 4 is 23.5 Å². The predicted octanol–water partition coefficient (Wildman–Crippen LogP) is 5.78. The monoisotopic (exact) mass is 577 g/mol. The van der Waals surface area contributed by atoms with Gasteiger partial charge >= 0.3 is 12.0 Å². The third-order valence-electron chi connectivity index (χ3n) is 6.11. The lowest BCUT2D eigenvalue weighted by Gasteiger charge is -2.29. The Labute approximate surface area is 248 Å². The molecule has 3 aromatic rings. The van der Waals surface area contributed by atoms with E-state index in [0.29, 0.717) is 49.3 Å². The van der Waals surface area contributed by atoms with E-state index in [1.54, 1.807) is 13.1 Å². The number of anilines is 2. The van der Waals surface area contributed by atoms with Gasteiger partial charge in [-0.2, -0.15) is 0 Å². The first-order valence-corrected chi connectivity index (χ1v) is 14.3. The quantitative estimate of drug-likeness (QED) is 0.340. The lowest BCUT2D eigenvalue weighted by atomic mass is 10.1. The van der Waals surface area contributed by atoms with Crippen molar-refractivity contribution < 1.29 is 23.8 Å². The molecule has 2 amide bonds. The van der Waals surface area contributed by atoms with Crippen LogP contribution in [-0.2, 0) is 9.47 Å². The van der Waals surface area contributed by atoms with Gasteiger partial charge in [-0.25, -0.2) is 19.6 Å². The van der Waals surface area contributed by atoms with E-state index in [9.17, 15) is 9.59 Å². The molecule has 0 unspecified atom stereocenters. The van der Waals surface area contributed by atoms with Crippen molar-refractivity contribution in [2.45, 2.75) is 54.0 Å². The number of morpholine rings is 1. The van der Waals surface area contributed by atoms with Crippen molar-refractivity contribution in [1.82, 2.24) is 15.3 Å². The molecule has 0 bridgehead atoms. The van der Waals surface area contributed by atoms with Crippen LogP contribution in [0.1, 0.15) is 56.1 Å². The summed E-state index contributed by atoms with van der Waals surface area (Å²) < 4.78 is 16.1. The maximum atomic E-state index is 12.0. The fraction of sp³-hybridized carbons (Fsp3) is 0.438. The highest BCUT2D eigenvalue weighted by Gasteiger charge is 2.19. The first-order chi connectivity index (χ1) is 20.0. The summed E-state index contributed by atoms with van der Waals surface area (Å²) in [5.74, 6) is 1.84. The number of esters is 1. The highest BCUT2D eigenvalue weighted by molar-refractivity contribution is 5.91. The number of hydrogen-bond donors (Lipinski definition) is 2. The number of urea groups is 1. The molecule has 4 rings (SSSR count). The Morgan fingerprint density at radius 1 is 1.00 bits per heavy atom. The van der Waals surface area contributed by atoms with Crippen LogP contribution in [0.25, 0.3) is 11.4 Å². The molecule has 1 aliphatic heterocycles. The first-order valence-electron chi connectivity index (χ1n) is 14.3. The molecule has 2 heterocycles. The number of benzene rings is 2. The van der Waals surface area contributed by atoms with Crippen molar-refractivity contribution in [3.63, 3.8) is 0 Å². The van der Waals surface area contributed by atoms with E-state index in [0.717, 1.165) is 35.6 Å². The van der Waals surface area contributed by atoms with Crippen LogP contribution in [0.4, 0.5) is 16.3 Å². The zero-order valence-electron chi connectivity index (χ0n) is 25.7. The van der Waals surface area contributed by atoms with Crippen LogP contribution in [0.5, 0.6) is 5.75 Å². The van der Waals surface area contributed by atoms with Gasteiger partial charge in [0.1, 0.15) is 0 Å². The van der Waals surface area contributed by atoms with E-state index in [1.165, 1.54) is 0 Å². The zero-order chi connectivity index (χ0) is 30.7. The summed E-state index contributed by atoms with van der Waals surface area (Å²) in [4.78, 5) is 34.8. The largest absolute Gasteiger partial charge is 0.488 e. The molecule has 1 aromatic heterocycles. The molecule has 0 aliphatic carbocycles. The molecule has 42 heavy (non-hydrogen) atoms. The van der Waals surface area contributed by atoms with Crippen LogP contribution in [0.2, 0.25) is 0 Å². The van der Waals surface area contributed by atoms with Gasteiger partial charge in [0.05, 0.1) is 38.2 Å². The normalized spacial score (nSPS) is 13.0. The van der Waals surface area contributed by atoms with E-state index < -0.39 is 0 Å². The fourth-order valence-corrected chi connectivity index (χ4v) is 4.22. The van der Waals surface area contributed by atoms with Gasteiger partial charge in [0, 0.05) is 29.9 Å². The lowest BCUT2D eigenvalue weighted by molar-refractivity contribution is 0.0525. The highest BCUT2D eigenvalue weighted by Crippen LogP contribution is 2.29. The molecule has 0 atom stereocenters. The molecular formula is C32H43N5O5. The fourth-order valence-electron chi connectivity index (χ4n) is 4.22. The van der Waals surface area contributed by atoms with Crippen LogP contribution in [0.3, 0.4) is 0 Å². The number of ether oxygens (including phenoxy) is 3. The van der Waals surface area contributed by atoms with Gasteiger partial charge in [0.2, 0.25) is 0 Å². The second-order valence-corrected chi connectivity index (χ2v) is 10.9. The van der Waals surface area contributed by atoms with Crippen molar-refractivity contribution in [3.05, 3.63) is 65.4 Å². The van der Waals surface area contributed by atoms with Gasteiger partial charge < -0.3 is 29.7 Å². The minimum Gasteiger partial charge on any atom is -0.488 e. The molecule has 0 saturated carbocycles. The second-order valence-electron chi connectivity index (χ2n) is 10.9. The third-order valence-corrected chi connectivity index (χ3v) is 6.11. The average Bonchev–Trinajstić information content (AvgIpc) is 2.94. The zero-order valence-corrected chi connectivity index (χ0v) is 25.7. The summed E-state index contributed by atoms with van der Waals surface area (Å²) in [6.07, 6.45) is 1.72. The number of carbonyl (C=O) groups is 2. The molecule has 10 nitrogen and oxygen atoms in total. The van der Waals surface area contributed by atoms with E-state index in [2.05, 4.69) is 20.5 Å². The van der Waals surface area contributed by atoms with E-state index in [1.807, 2.05) is 84.0 Å². The number of carbonyl (C=O) groups excluding carboxylic acids is 2. The number of nitrogens with zero attached hydrogens (tertiary/aromatic N) is 3. The van der Waals surface area contributed by atoms with Crippen LogP contribution >= 0.6 is 0 Å². The minimum atomic E-state index is -0.296. The lowest BCUT2D eigenvalue weighted by Crippen LogP contribution is -2.43. The molecule has 2 aromatic carbocycles. The van der Waals surface area contributed by atoms with Gasteiger partial charge in [-0.3, -0.25) is 0 Å². The van der Waals surface area contributed by atoms with Crippen molar-refractivity contribution in [2.75, 3.05) is 49.7 Å². The summed E-state index contributed by atoms with van der Waals surface area (Å²) in [7, 11) is 0. The Hall–Kier alpha value is -4.18. The molecule has 0 spiro atoms. The molecule has 226 valence electrons. The Balaban J connectivity index is 0.000000312. The summed E-state index contributed by atoms with van der Waals surface area (Å²) in [5.41, 5.74) is 4.06. The summed E-state index contributed by atoms with van der Waals surface area (Å²) in [5, 5.41) is 5.70. The molecule has 10 heteroatoms. The summed E-state index contributed by atoms with van der Waals surface area (Å²) >= 11 is 0. The predicted molar refractivity (Wildman–Crippen MR) is 165 cm³/mol. The molecule has 0 radical (unpaired) electrons. The number of aryl methyl sites for hydroxylation is 2. The Morgan fingerprint density at radius 2 is 1.69 bits per heavy atom. The SMILES string of the molecule is CCOC(=O)c1ccc(C)cc1C.CCOc1cnc(-c2ccc(NC(=O)NC(C)(C)C)cc2)nc1N1CCOCC1. The van der Waals surface area contributed by atoms with Gasteiger partial charge in [-0.15, -0.1) is 0 Å². The molecule has 2 N–H and O–H groups in total. The van der Waals surface area contributed by atoms with Crippen LogP contribution in [0, 0.1) is 13.8 Å². The maximum absolute atomic E-state index is 12.0. The number of nitrogens with one attached hydrogen (secondary N) is 2. The number of rotatable bonds is 7. The maximum Gasteiger partial charge on any atom is 0.338 e. The van der Waals surface area contributed by atoms with Gasteiger partial charge in [0.25, 0.3) is 0 Å². The topological polar surface area (TPSA) is 115 Å². The van der Waals surface area contributed by atoms with Gasteiger partial charge in [-0.1, -0.05) is 17.7 Å². The summed E-state index contributed by atoms with van der Waals surface area (Å²) in [6.45, 7) is 17.3. The van der Waals surface area contributed by atoms with Crippen molar-refractivity contribution in [1.29, 1.82) is 0 Å². The van der Waals surface area contributed by atoms with Crippen molar-refractivity contribution in [2.24, 2.45) is 0 Å². The van der Waals surface area contributed by atoms with E-state index in [4.69, 9.17) is 19.2 Å². The average molecular weight is 578 g/mol. The smallest absolute Gasteiger partial charge is 0.338 e. The van der Waals surface area contributed by atoms with Crippen LogP contribution in [0.15, 0.2) is 48.7 Å². The Morgan fingerprint density at radius 3 is 2.29 bits per heavy atom. The number of amides is 2. The van der Waals surface area contributed by atoms with E-state index >= 15 is 0 Å². The minimum absolute atomic E-state index is 0.236. The Kier molecular flexibility index (Phi) is 11.7. The third kappa shape index (κ3) is 9.73. The number of aromatic nitrogens is 2. The first kappa shape index (κ1) is 32.3. The molecule has 1 saturated heterocycles. The van der Waals surface area contributed by atoms with Gasteiger partial charge in [-0.05, 0) is 84.4 Å². The number of hydrogen-bond acceptors (Lipinski definition) is 8. The standard InChI is InChI=1S/C21H29N5O3.C11H14O2/c1-5-29-17-14-22-18(24-19(17)26-10-12-28-13-11-26)15-6-8-16(9-7-15)23-20(27)25-21(2,3)4;1-4-13-11(12)10-6-5-8(2)7-9(10)3/h6-9,14H,5,10-13H2,1-4H3,(H2,23,25,27);5-7H,4H2,1-3H3. The van der Waals surface area contributed by atoms with Gasteiger partial charge in [0.15, 0.2) is 17.4 Å². The van der Waals surface area contributed by atoms with Crippen LogP contribution in [-0.4, -0.2) is 67.0 Å². The molecule has 1 fully saturated rings. The summed E-state index contributed by atoms with van der Waals surface area (Å²) in [6, 6.07) is 12.9. The van der Waals surface area contributed by atoms with E-state index in [-0.39, 0.29) is 17.5 Å².